The van der Waals surface area contributed by atoms with E-state index in [0.717, 1.165) is 0 Å². The van der Waals surface area contributed by atoms with E-state index < -0.39 is 23.8 Å². The Morgan fingerprint density at radius 3 is 2.70 bits per heavy atom. The van der Waals surface area contributed by atoms with Crippen LogP contribution in [0.1, 0.15) is 16.8 Å². The molecular formula is C19H17N3O5. The Morgan fingerprint density at radius 2 is 1.85 bits per heavy atom. The molecule has 2 aromatic carbocycles. The number of amides is 3. The molecule has 8 nitrogen and oxygen atoms in total. The van der Waals surface area contributed by atoms with E-state index >= 15 is 0 Å². The van der Waals surface area contributed by atoms with Crippen LogP contribution in [0.2, 0.25) is 0 Å². The molecule has 0 bridgehead atoms. The molecule has 0 radical (unpaired) electrons. The maximum absolute atomic E-state index is 12.4. The standard InChI is InChI=1S/C19H17N3O5/c23-17(20-11-5-6-15-16(9-11)27-8-7-26-15)10-14-19(25)21-13-4-2-1-3-12(13)18(24)22-14/h1-6,9,14H,7-8,10H2,(H,20,23)(H,21,25)(H,22,24)/t14-/m1/s1. The normalized spacial score (nSPS) is 17.9. The van der Waals surface area contributed by atoms with Crippen LogP contribution < -0.4 is 25.4 Å². The van der Waals surface area contributed by atoms with E-state index in [2.05, 4.69) is 16.0 Å². The molecule has 3 N–H and O–H groups in total. The van der Waals surface area contributed by atoms with Crippen LogP contribution in [0.15, 0.2) is 42.5 Å². The second kappa shape index (κ2) is 6.99. The zero-order valence-corrected chi connectivity index (χ0v) is 14.3. The van der Waals surface area contributed by atoms with Gasteiger partial charge >= 0.3 is 0 Å². The highest BCUT2D eigenvalue weighted by Gasteiger charge is 2.29. The molecule has 4 rings (SSSR count). The van der Waals surface area contributed by atoms with Gasteiger partial charge in [0, 0.05) is 11.8 Å². The molecule has 1 atom stereocenters. The highest BCUT2D eigenvalue weighted by Crippen LogP contribution is 2.32. The lowest BCUT2D eigenvalue weighted by Crippen LogP contribution is -2.43. The molecule has 27 heavy (non-hydrogen) atoms. The molecule has 2 aliphatic heterocycles. The van der Waals surface area contributed by atoms with Gasteiger partial charge in [0.1, 0.15) is 19.3 Å². The number of hydrogen-bond acceptors (Lipinski definition) is 5. The van der Waals surface area contributed by atoms with E-state index in [1.165, 1.54) is 0 Å². The Morgan fingerprint density at radius 1 is 1.07 bits per heavy atom. The number of carbonyl (C=O) groups is 3. The summed E-state index contributed by atoms with van der Waals surface area (Å²) >= 11 is 0. The molecule has 2 aromatic rings. The van der Waals surface area contributed by atoms with Crippen molar-refractivity contribution in [1.82, 2.24) is 5.32 Å². The Balaban J connectivity index is 1.44. The topological polar surface area (TPSA) is 106 Å². The number of anilines is 2. The average molecular weight is 367 g/mol. The summed E-state index contributed by atoms with van der Waals surface area (Å²) in [5.41, 5.74) is 1.31. The first kappa shape index (κ1) is 16.9. The molecule has 8 heteroatoms. The molecule has 2 heterocycles. The molecule has 0 saturated heterocycles. The summed E-state index contributed by atoms with van der Waals surface area (Å²) in [6, 6.07) is 10.8. The number of carbonyl (C=O) groups excluding carboxylic acids is 3. The summed E-state index contributed by atoms with van der Waals surface area (Å²) in [5, 5.41) is 7.98. The van der Waals surface area contributed by atoms with Crippen LogP contribution in [0.3, 0.4) is 0 Å². The van der Waals surface area contributed by atoms with Crippen LogP contribution in [0, 0.1) is 0 Å². The van der Waals surface area contributed by atoms with Crippen LogP contribution in [0.5, 0.6) is 11.5 Å². The Bertz CT molecular complexity index is 927. The van der Waals surface area contributed by atoms with Gasteiger partial charge in [-0.25, -0.2) is 0 Å². The maximum atomic E-state index is 12.4. The van der Waals surface area contributed by atoms with Crippen molar-refractivity contribution in [3.05, 3.63) is 48.0 Å². The predicted molar refractivity (Wildman–Crippen MR) is 97.0 cm³/mol. The highest BCUT2D eigenvalue weighted by atomic mass is 16.6. The minimum atomic E-state index is -0.970. The van der Waals surface area contributed by atoms with Crippen LogP contribution in [0.4, 0.5) is 11.4 Å². The smallest absolute Gasteiger partial charge is 0.254 e. The molecule has 0 aromatic heterocycles. The highest BCUT2D eigenvalue weighted by molar-refractivity contribution is 6.11. The second-order valence-corrected chi connectivity index (χ2v) is 6.17. The van der Waals surface area contributed by atoms with Crippen molar-refractivity contribution in [3.8, 4) is 11.5 Å². The van der Waals surface area contributed by atoms with E-state index in [1.54, 1.807) is 42.5 Å². The summed E-state index contributed by atoms with van der Waals surface area (Å²) in [6.07, 6.45) is -0.194. The van der Waals surface area contributed by atoms with Crippen molar-refractivity contribution in [2.75, 3.05) is 23.8 Å². The minimum Gasteiger partial charge on any atom is -0.486 e. The van der Waals surface area contributed by atoms with Gasteiger partial charge in [-0.3, -0.25) is 14.4 Å². The molecule has 0 aliphatic carbocycles. The van der Waals surface area contributed by atoms with Gasteiger partial charge in [-0.15, -0.1) is 0 Å². The van der Waals surface area contributed by atoms with E-state index in [9.17, 15) is 14.4 Å². The lowest BCUT2D eigenvalue weighted by molar-refractivity contribution is -0.122. The fourth-order valence-electron chi connectivity index (χ4n) is 2.97. The van der Waals surface area contributed by atoms with Gasteiger partial charge in [-0.1, -0.05) is 12.1 Å². The summed E-state index contributed by atoms with van der Waals surface area (Å²) < 4.78 is 10.9. The molecule has 0 fully saturated rings. The molecule has 2 aliphatic rings. The molecule has 0 saturated carbocycles. The first-order chi connectivity index (χ1) is 13.1. The van der Waals surface area contributed by atoms with Gasteiger partial charge in [0.25, 0.3) is 5.91 Å². The van der Waals surface area contributed by atoms with Crippen molar-refractivity contribution < 1.29 is 23.9 Å². The fraction of sp³-hybridized carbons (Fsp3) is 0.211. The Labute approximate surface area is 154 Å². The van der Waals surface area contributed by atoms with Gasteiger partial charge < -0.3 is 25.4 Å². The number of nitrogens with one attached hydrogen (secondary N) is 3. The van der Waals surface area contributed by atoms with E-state index in [-0.39, 0.29) is 6.42 Å². The van der Waals surface area contributed by atoms with Crippen molar-refractivity contribution in [2.24, 2.45) is 0 Å². The quantitative estimate of drug-likeness (QED) is 0.763. The van der Waals surface area contributed by atoms with Gasteiger partial charge in [0.2, 0.25) is 11.8 Å². The van der Waals surface area contributed by atoms with E-state index in [1.807, 2.05) is 0 Å². The average Bonchev–Trinajstić information content (AvgIpc) is 2.78. The minimum absolute atomic E-state index is 0.194. The van der Waals surface area contributed by atoms with Crippen LogP contribution in [-0.4, -0.2) is 37.0 Å². The lowest BCUT2D eigenvalue weighted by atomic mass is 10.1. The first-order valence-corrected chi connectivity index (χ1v) is 8.50. The fourth-order valence-corrected chi connectivity index (χ4v) is 2.97. The van der Waals surface area contributed by atoms with Crippen molar-refractivity contribution in [1.29, 1.82) is 0 Å². The predicted octanol–water partition coefficient (Wildman–Crippen LogP) is 1.54. The van der Waals surface area contributed by atoms with Gasteiger partial charge in [0.05, 0.1) is 17.7 Å². The summed E-state index contributed by atoms with van der Waals surface area (Å²) in [4.78, 5) is 37.0. The zero-order chi connectivity index (χ0) is 18.8. The molecule has 3 amide bonds. The first-order valence-electron chi connectivity index (χ1n) is 8.50. The maximum Gasteiger partial charge on any atom is 0.254 e. The van der Waals surface area contributed by atoms with E-state index in [4.69, 9.17) is 9.47 Å². The van der Waals surface area contributed by atoms with Gasteiger partial charge in [-0.05, 0) is 24.3 Å². The number of para-hydroxylation sites is 1. The molecular weight excluding hydrogens is 350 g/mol. The number of rotatable bonds is 3. The van der Waals surface area contributed by atoms with Crippen LogP contribution >= 0.6 is 0 Å². The number of hydrogen-bond donors (Lipinski definition) is 3. The van der Waals surface area contributed by atoms with Crippen LogP contribution in [0.25, 0.3) is 0 Å². The van der Waals surface area contributed by atoms with Crippen LogP contribution in [-0.2, 0) is 9.59 Å². The molecule has 0 spiro atoms. The zero-order valence-electron chi connectivity index (χ0n) is 14.3. The number of fused-ring (bicyclic) bond motifs is 2. The third-order valence-electron chi connectivity index (χ3n) is 4.27. The monoisotopic (exact) mass is 367 g/mol. The second-order valence-electron chi connectivity index (χ2n) is 6.17. The third-order valence-corrected chi connectivity index (χ3v) is 4.27. The SMILES string of the molecule is O=C(C[C@H]1NC(=O)c2ccccc2NC1=O)Nc1ccc2c(c1)OCCO2. The van der Waals surface area contributed by atoms with Gasteiger partial charge in [0.15, 0.2) is 11.5 Å². The van der Waals surface area contributed by atoms with Crippen molar-refractivity contribution in [2.45, 2.75) is 12.5 Å². The van der Waals surface area contributed by atoms with Gasteiger partial charge in [-0.2, -0.15) is 0 Å². The van der Waals surface area contributed by atoms with Crippen molar-refractivity contribution in [3.63, 3.8) is 0 Å². The molecule has 0 unspecified atom stereocenters. The summed E-state index contributed by atoms with van der Waals surface area (Å²) in [6.45, 7) is 0.927. The molecule has 138 valence electrons. The summed E-state index contributed by atoms with van der Waals surface area (Å²) in [5.74, 6) is -0.0766. The Hall–Kier alpha value is -3.55. The third kappa shape index (κ3) is 3.55. The lowest BCUT2D eigenvalue weighted by Gasteiger charge is -2.19. The largest absolute Gasteiger partial charge is 0.486 e. The summed E-state index contributed by atoms with van der Waals surface area (Å²) in [7, 11) is 0. The van der Waals surface area contributed by atoms with E-state index in [0.29, 0.717) is 41.7 Å². The number of benzene rings is 2. The van der Waals surface area contributed by atoms with Crippen molar-refractivity contribution >= 4 is 29.1 Å². The number of ether oxygens (including phenoxy) is 2. The Kier molecular flexibility index (Phi) is 4.37.